The van der Waals surface area contributed by atoms with Gasteiger partial charge in [0.1, 0.15) is 0 Å². The lowest BCUT2D eigenvalue weighted by atomic mass is 10.1. The Balaban J connectivity index is 1.68. The molecular formula is C17H21N3OS. The van der Waals surface area contributed by atoms with Crippen molar-refractivity contribution >= 4 is 17.7 Å². The van der Waals surface area contributed by atoms with Crippen LogP contribution in [-0.2, 0) is 4.79 Å². The van der Waals surface area contributed by atoms with Crippen LogP contribution in [0.5, 0.6) is 0 Å². The second-order valence-electron chi connectivity index (χ2n) is 5.60. The maximum Gasteiger partial charge on any atom is 0.233 e. The zero-order chi connectivity index (χ0) is 15.4. The number of likely N-dealkylation sites (tertiary alicyclic amines) is 1. The standard InChI is InChI=1S/C17H21N3OS/c1-14-7-3-4-8-15(14)20-12-9-18-17(20)22-13-16(21)19-10-5-2-6-11-19/h3-4,7-9,12H,2,5-6,10-11,13H2,1H3. The van der Waals surface area contributed by atoms with E-state index in [1.165, 1.54) is 23.7 Å². The number of hydrogen-bond donors (Lipinski definition) is 0. The van der Waals surface area contributed by atoms with Gasteiger partial charge >= 0.3 is 0 Å². The number of thioether (sulfide) groups is 1. The van der Waals surface area contributed by atoms with Gasteiger partial charge in [-0.05, 0) is 37.8 Å². The minimum atomic E-state index is 0.226. The van der Waals surface area contributed by atoms with Crippen LogP contribution in [0.1, 0.15) is 24.8 Å². The lowest BCUT2D eigenvalue weighted by Crippen LogP contribution is -2.36. The van der Waals surface area contributed by atoms with E-state index in [0.29, 0.717) is 5.75 Å². The average molecular weight is 315 g/mol. The first-order valence-electron chi connectivity index (χ1n) is 7.75. The summed E-state index contributed by atoms with van der Waals surface area (Å²) in [7, 11) is 0. The number of imidazole rings is 1. The number of piperidine rings is 1. The summed E-state index contributed by atoms with van der Waals surface area (Å²) in [6.07, 6.45) is 7.26. The first-order chi connectivity index (χ1) is 10.8. The van der Waals surface area contributed by atoms with E-state index in [1.807, 2.05) is 23.2 Å². The molecule has 5 heteroatoms. The molecule has 0 radical (unpaired) electrons. The fraction of sp³-hybridized carbons (Fsp3) is 0.412. The Morgan fingerprint density at radius 2 is 2.00 bits per heavy atom. The number of para-hydroxylation sites is 1. The van der Waals surface area contributed by atoms with Crippen LogP contribution < -0.4 is 0 Å². The third kappa shape index (κ3) is 3.35. The molecular weight excluding hydrogens is 294 g/mol. The van der Waals surface area contributed by atoms with E-state index >= 15 is 0 Å². The van der Waals surface area contributed by atoms with Gasteiger partial charge in [-0.1, -0.05) is 30.0 Å². The molecule has 22 heavy (non-hydrogen) atoms. The lowest BCUT2D eigenvalue weighted by molar-refractivity contribution is -0.129. The quantitative estimate of drug-likeness (QED) is 0.813. The van der Waals surface area contributed by atoms with Crippen molar-refractivity contribution in [3.8, 4) is 5.69 Å². The molecule has 1 fully saturated rings. The predicted octanol–water partition coefficient (Wildman–Crippen LogP) is 3.29. The van der Waals surface area contributed by atoms with Crippen molar-refractivity contribution in [1.82, 2.24) is 14.5 Å². The Morgan fingerprint density at radius 1 is 1.23 bits per heavy atom. The van der Waals surface area contributed by atoms with Crippen molar-refractivity contribution in [2.45, 2.75) is 31.3 Å². The first kappa shape index (κ1) is 15.2. The first-order valence-corrected chi connectivity index (χ1v) is 8.74. The second-order valence-corrected chi connectivity index (χ2v) is 6.54. The van der Waals surface area contributed by atoms with Gasteiger partial charge in [0.25, 0.3) is 0 Å². The fourth-order valence-electron chi connectivity index (χ4n) is 2.77. The SMILES string of the molecule is Cc1ccccc1-n1ccnc1SCC(=O)N1CCCCC1. The Labute approximate surface area is 135 Å². The molecule has 1 aromatic carbocycles. The highest BCUT2D eigenvalue weighted by Crippen LogP contribution is 2.23. The number of carbonyl (C=O) groups excluding carboxylic acids is 1. The molecule has 1 aliphatic rings. The van der Waals surface area contributed by atoms with Crippen molar-refractivity contribution in [2.75, 3.05) is 18.8 Å². The third-order valence-electron chi connectivity index (χ3n) is 4.02. The van der Waals surface area contributed by atoms with Crippen LogP contribution in [0.3, 0.4) is 0 Å². The zero-order valence-corrected chi connectivity index (χ0v) is 13.7. The number of amides is 1. The van der Waals surface area contributed by atoms with Crippen LogP contribution in [0, 0.1) is 6.92 Å². The summed E-state index contributed by atoms with van der Waals surface area (Å²) in [6, 6.07) is 8.22. The monoisotopic (exact) mass is 315 g/mol. The number of rotatable bonds is 4. The topological polar surface area (TPSA) is 38.1 Å². The van der Waals surface area contributed by atoms with Gasteiger partial charge < -0.3 is 4.90 Å². The maximum absolute atomic E-state index is 12.3. The predicted molar refractivity (Wildman–Crippen MR) is 89.5 cm³/mol. The Bertz CT molecular complexity index is 647. The van der Waals surface area contributed by atoms with E-state index in [0.717, 1.165) is 36.8 Å². The van der Waals surface area contributed by atoms with Crippen LogP contribution in [-0.4, -0.2) is 39.2 Å². The molecule has 0 spiro atoms. The van der Waals surface area contributed by atoms with Crippen molar-refractivity contribution in [3.05, 3.63) is 42.2 Å². The van der Waals surface area contributed by atoms with Crippen LogP contribution in [0.4, 0.5) is 0 Å². The summed E-state index contributed by atoms with van der Waals surface area (Å²) in [4.78, 5) is 18.7. The number of hydrogen-bond acceptors (Lipinski definition) is 3. The molecule has 1 aliphatic heterocycles. The summed E-state index contributed by atoms with van der Waals surface area (Å²) in [5, 5.41) is 0.875. The van der Waals surface area contributed by atoms with Crippen molar-refractivity contribution in [2.24, 2.45) is 0 Å². The highest BCUT2D eigenvalue weighted by atomic mass is 32.2. The average Bonchev–Trinajstić information content (AvgIpc) is 3.02. The van der Waals surface area contributed by atoms with Gasteiger partial charge in [-0.15, -0.1) is 0 Å². The van der Waals surface area contributed by atoms with Gasteiger partial charge in [-0.2, -0.15) is 0 Å². The molecule has 1 amide bonds. The van der Waals surface area contributed by atoms with Crippen molar-refractivity contribution in [3.63, 3.8) is 0 Å². The van der Waals surface area contributed by atoms with Gasteiger partial charge in [0.05, 0.1) is 11.4 Å². The smallest absolute Gasteiger partial charge is 0.233 e. The van der Waals surface area contributed by atoms with E-state index in [-0.39, 0.29) is 5.91 Å². The molecule has 0 atom stereocenters. The number of benzene rings is 1. The van der Waals surface area contributed by atoms with Crippen LogP contribution >= 0.6 is 11.8 Å². The molecule has 0 unspecified atom stereocenters. The normalized spacial score (nSPS) is 15.0. The number of aromatic nitrogens is 2. The van der Waals surface area contributed by atoms with Crippen LogP contribution in [0.2, 0.25) is 0 Å². The summed E-state index contributed by atoms with van der Waals surface area (Å²) in [5.41, 5.74) is 2.32. The van der Waals surface area contributed by atoms with Crippen LogP contribution in [0.25, 0.3) is 5.69 Å². The molecule has 3 rings (SSSR count). The second kappa shape index (κ2) is 7.01. The number of nitrogens with zero attached hydrogens (tertiary/aromatic N) is 3. The molecule has 1 saturated heterocycles. The van der Waals surface area contributed by atoms with E-state index in [2.05, 4.69) is 28.6 Å². The molecule has 2 aromatic rings. The minimum Gasteiger partial charge on any atom is -0.342 e. The molecule has 116 valence electrons. The highest BCUT2D eigenvalue weighted by molar-refractivity contribution is 7.99. The Hall–Kier alpha value is -1.75. The van der Waals surface area contributed by atoms with E-state index < -0.39 is 0 Å². The van der Waals surface area contributed by atoms with E-state index in [9.17, 15) is 4.79 Å². The zero-order valence-electron chi connectivity index (χ0n) is 12.9. The Kier molecular flexibility index (Phi) is 4.83. The molecule has 2 heterocycles. The molecule has 0 N–H and O–H groups in total. The van der Waals surface area contributed by atoms with Gasteiger partial charge in [0, 0.05) is 25.5 Å². The minimum absolute atomic E-state index is 0.226. The third-order valence-corrected chi connectivity index (χ3v) is 4.97. The lowest BCUT2D eigenvalue weighted by Gasteiger charge is -2.26. The van der Waals surface area contributed by atoms with Gasteiger partial charge in [-0.3, -0.25) is 9.36 Å². The molecule has 0 bridgehead atoms. The molecule has 1 aromatic heterocycles. The molecule has 0 saturated carbocycles. The Morgan fingerprint density at radius 3 is 2.77 bits per heavy atom. The number of aryl methyl sites for hydroxylation is 1. The largest absolute Gasteiger partial charge is 0.342 e. The van der Waals surface area contributed by atoms with Crippen molar-refractivity contribution in [1.29, 1.82) is 0 Å². The fourth-order valence-corrected chi connectivity index (χ4v) is 3.64. The number of carbonyl (C=O) groups is 1. The van der Waals surface area contributed by atoms with Gasteiger partial charge in [0.15, 0.2) is 5.16 Å². The molecule has 0 aliphatic carbocycles. The van der Waals surface area contributed by atoms with Gasteiger partial charge in [0.2, 0.25) is 5.91 Å². The summed E-state index contributed by atoms with van der Waals surface area (Å²) >= 11 is 1.52. The van der Waals surface area contributed by atoms with E-state index in [4.69, 9.17) is 0 Å². The van der Waals surface area contributed by atoms with E-state index in [1.54, 1.807) is 6.20 Å². The van der Waals surface area contributed by atoms with Crippen molar-refractivity contribution < 1.29 is 4.79 Å². The highest BCUT2D eigenvalue weighted by Gasteiger charge is 2.17. The van der Waals surface area contributed by atoms with Gasteiger partial charge in [-0.25, -0.2) is 4.98 Å². The summed E-state index contributed by atoms with van der Waals surface area (Å²) in [5.74, 6) is 0.687. The molecule has 4 nitrogen and oxygen atoms in total. The van der Waals surface area contributed by atoms with Crippen LogP contribution in [0.15, 0.2) is 41.8 Å². The summed E-state index contributed by atoms with van der Waals surface area (Å²) < 4.78 is 2.06. The maximum atomic E-state index is 12.3. The summed E-state index contributed by atoms with van der Waals surface area (Å²) in [6.45, 7) is 3.90.